The van der Waals surface area contributed by atoms with Gasteiger partial charge in [0.15, 0.2) is 6.61 Å². The summed E-state index contributed by atoms with van der Waals surface area (Å²) < 4.78 is 11.0. The summed E-state index contributed by atoms with van der Waals surface area (Å²) in [7, 11) is 0. The molecule has 0 bridgehead atoms. The van der Waals surface area contributed by atoms with Crippen LogP contribution in [0.3, 0.4) is 0 Å². The minimum absolute atomic E-state index is 0.342. The number of hydrogen-bond donors (Lipinski definition) is 1. The summed E-state index contributed by atoms with van der Waals surface area (Å²) in [4.78, 5) is 11.8. The summed E-state index contributed by atoms with van der Waals surface area (Å²) in [6, 6.07) is 28.5. The molecule has 5 heteroatoms. The minimum Gasteiger partial charge on any atom is -0.482 e. The first-order valence-corrected chi connectivity index (χ1v) is 11.6. The van der Waals surface area contributed by atoms with Gasteiger partial charge in [-0.2, -0.15) is 0 Å². The van der Waals surface area contributed by atoms with Crippen molar-refractivity contribution in [3.8, 4) is 16.9 Å². The highest BCUT2D eigenvalue weighted by molar-refractivity contribution is 7.99. The Labute approximate surface area is 197 Å². The van der Waals surface area contributed by atoms with Crippen LogP contribution in [-0.2, 0) is 4.79 Å². The fourth-order valence-electron chi connectivity index (χ4n) is 3.50. The maximum absolute atomic E-state index is 10.7. The minimum atomic E-state index is -0.986. The van der Waals surface area contributed by atoms with E-state index < -0.39 is 5.97 Å². The Morgan fingerprint density at radius 3 is 2.39 bits per heavy atom. The van der Waals surface area contributed by atoms with Gasteiger partial charge >= 0.3 is 5.97 Å². The molecule has 4 nitrogen and oxygen atoms in total. The average molecular weight is 457 g/mol. The molecule has 0 aliphatic heterocycles. The van der Waals surface area contributed by atoms with Crippen LogP contribution in [0.5, 0.6) is 5.75 Å². The first-order valence-electron chi connectivity index (χ1n) is 10.6. The van der Waals surface area contributed by atoms with Crippen LogP contribution in [0.1, 0.15) is 16.9 Å². The lowest BCUT2D eigenvalue weighted by molar-refractivity contribution is -0.139. The molecule has 0 fully saturated rings. The highest BCUT2D eigenvalue weighted by Gasteiger charge is 2.09. The van der Waals surface area contributed by atoms with E-state index in [2.05, 4.69) is 42.5 Å². The molecule has 0 amide bonds. The maximum atomic E-state index is 10.7. The Morgan fingerprint density at radius 2 is 1.73 bits per heavy atom. The van der Waals surface area contributed by atoms with Crippen molar-refractivity contribution < 1.29 is 19.1 Å². The standard InChI is InChI=1S/C28H24O4S/c1-20-18-24(13-14-26(20)32-19-28(29)30)33-17-15-25(27-8-5-16-31-27)23-11-9-22(10-12-23)21-6-3-2-4-7-21/h2-16,18H,17,19H2,1H3,(H,29,30)/b25-15-. The fraction of sp³-hybridized carbons (Fsp3) is 0.107. The van der Waals surface area contributed by atoms with Crippen molar-refractivity contribution in [2.45, 2.75) is 11.8 Å². The second kappa shape index (κ2) is 10.7. The SMILES string of the molecule is Cc1cc(SC/C=C(/c2ccc(-c3ccccc3)cc2)c2ccco2)ccc1OCC(=O)O. The van der Waals surface area contributed by atoms with Crippen molar-refractivity contribution in [3.05, 3.63) is 114 Å². The Balaban J connectivity index is 1.50. The molecule has 0 unspecified atom stereocenters. The van der Waals surface area contributed by atoms with Gasteiger partial charge in [0.1, 0.15) is 11.5 Å². The van der Waals surface area contributed by atoms with Crippen LogP contribution >= 0.6 is 11.8 Å². The van der Waals surface area contributed by atoms with Gasteiger partial charge in [-0.3, -0.25) is 0 Å². The molecule has 1 N–H and O–H groups in total. The second-order valence-electron chi connectivity index (χ2n) is 7.46. The molecule has 0 spiro atoms. The van der Waals surface area contributed by atoms with E-state index in [1.165, 1.54) is 11.1 Å². The third-order valence-electron chi connectivity index (χ3n) is 5.12. The first kappa shape index (κ1) is 22.5. The van der Waals surface area contributed by atoms with Gasteiger partial charge in [-0.1, -0.05) is 60.7 Å². The highest BCUT2D eigenvalue weighted by Crippen LogP contribution is 2.30. The predicted molar refractivity (Wildman–Crippen MR) is 133 cm³/mol. The first-order chi connectivity index (χ1) is 16.1. The second-order valence-corrected chi connectivity index (χ2v) is 8.55. The fourth-order valence-corrected chi connectivity index (χ4v) is 4.37. The number of hydrogen-bond acceptors (Lipinski definition) is 4. The number of carbonyl (C=O) groups is 1. The molecule has 0 radical (unpaired) electrons. The molecule has 0 atom stereocenters. The van der Waals surface area contributed by atoms with Crippen LogP contribution in [-0.4, -0.2) is 23.4 Å². The van der Waals surface area contributed by atoms with Gasteiger partial charge in [0.2, 0.25) is 0 Å². The molecule has 166 valence electrons. The number of benzene rings is 3. The van der Waals surface area contributed by atoms with Crippen LogP contribution in [0, 0.1) is 6.92 Å². The molecule has 4 aromatic rings. The van der Waals surface area contributed by atoms with Crippen LogP contribution in [0.4, 0.5) is 0 Å². The summed E-state index contributed by atoms with van der Waals surface area (Å²) in [6.45, 7) is 1.57. The van der Waals surface area contributed by atoms with E-state index in [1.807, 2.05) is 55.5 Å². The van der Waals surface area contributed by atoms with Gasteiger partial charge < -0.3 is 14.3 Å². The van der Waals surface area contributed by atoms with Gasteiger partial charge in [0.25, 0.3) is 0 Å². The summed E-state index contributed by atoms with van der Waals surface area (Å²) in [5.41, 5.74) is 5.42. The molecule has 1 heterocycles. The van der Waals surface area contributed by atoms with Crippen LogP contribution in [0.2, 0.25) is 0 Å². The van der Waals surface area contributed by atoms with Crippen molar-refractivity contribution in [3.63, 3.8) is 0 Å². The molecule has 33 heavy (non-hydrogen) atoms. The third kappa shape index (κ3) is 5.96. The summed E-state index contributed by atoms with van der Waals surface area (Å²) in [5.74, 6) is 1.19. The van der Waals surface area contributed by atoms with Gasteiger partial charge in [-0.25, -0.2) is 4.79 Å². The lowest BCUT2D eigenvalue weighted by atomic mass is 9.99. The van der Waals surface area contributed by atoms with Gasteiger partial charge in [-0.15, -0.1) is 11.8 Å². The predicted octanol–water partition coefficient (Wildman–Crippen LogP) is 6.94. The Hall–Kier alpha value is -3.70. The molecule has 1 aromatic heterocycles. The Morgan fingerprint density at radius 1 is 0.970 bits per heavy atom. The average Bonchev–Trinajstić information content (AvgIpc) is 3.36. The van der Waals surface area contributed by atoms with Gasteiger partial charge in [0, 0.05) is 16.2 Å². The van der Waals surface area contributed by atoms with Crippen LogP contribution in [0.15, 0.2) is 107 Å². The van der Waals surface area contributed by atoms with E-state index in [-0.39, 0.29) is 6.61 Å². The van der Waals surface area contributed by atoms with E-state index in [4.69, 9.17) is 14.3 Å². The molecule has 0 saturated carbocycles. The molecule has 4 rings (SSSR count). The zero-order valence-corrected chi connectivity index (χ0v) is 19.0. The number of thioether (sulfide) groups is 1. The number of carboxylic acid groups (broad SMARTS) is 1. The lowest BCUT2D eigenvalue weighted by Gasteiger charge is -2.10. The number of ether oxygens (including phenoxy) is 1. The Kier molecular flexibility index (Phi) is 7.33. The molecular weight excluding hydrogens is 432 g/mol. The molecule has 3 aromatic carbocycles. The van der Waals surface area contributed by atoms with Crippen molar-refractivity contribution >= 4 is 23.3 Å². The normalized spacial score (nSPS) is 11.4. The molecule has 0 aliphatic rings. The van der Waals surface area contributed by atoms with Gasteiger partial charge in [0.05, 0.1) is 6.26 Å². The number of furan rings is 1. The number of carboxylic acids is 1. The van der Waals surface area contributed by atoms with E-state index in [0.29, 0.717) is 5.75 Å². The van der Waals surface area contributed by atoms with Crippen LogP contribution in [0.25, 0.3) is 16.7 Å². The molecular formula is C28H24O4S. The largest absolute Gasteiger partial charge is 0.482 e. The van der Waals surface area contributed by atoms with Crippen molar-refractivity contribution in [1.82, 2.24) is 0 Å². The van der Waals surface area contributed by atoms with E-state index >= 15 is 0 Å². The smallest absolute Gasteiger partial charge is 0.341 e. The van der Waals surface area contributed by atoms with Crippen molar-refractivity contribution in [2.75, 3.05) is 12.4 Å². The lowest BCUT2D eigenvalue weighted by Crippen LogP contribution is -2.09. The number of rotatable bonds is 9. The van der Waals surface area contributed by atoms with E-state index in [9.17, 15) is 4.79 Å². The summed E-state index contributed by atoms with van der Waals surface area (Å²) in [6.07, 6.45) is 3.86. The zero-order chi connectivity index (χ0) is 23.0. The van der Waals surface area contributed by atoms with Crippen LogP contribution < -0.4 is 4.74 Å². The van der Waals surface area contributed by atoms with E-state index in [0.717, 1.165) is 33.1 Å². The molecule has 0 saturated heterocycles. The van der Waals surface area contributed by atoms with Gasteiger partial charge in [-0.05, 0) is 59.5 Å². The maximum Gasteiger partial charge on any atom is 0.341 e. The van der Waals surface area contributed by atoms with Crippen molar-refractivity contribution in [1.29, 1.82) is 0 Å². The van der Waals surface area contributed by atoms with Crippen molar-refractivity contribution in [2.24, 2.45) is 0 Å². The monoisotopic (exact) mass is 456 g/mol. The summed E-state index contributed by atoms with van der Waals surface area (Å²) >= 11 is 1.70. The molecule has 0 aliphatic carbocycles. The zero-order valence-electron chi connectivity index (χ0n) is 18.2. The third-order valence-corrected chi connectivity index (χ3v) is 6.05. The number of aliphatic carboxylic acids is 1. The number of aryl methyl sites for hydroxylation is 1. The summed E-state index contributed by atoms with van der Waals surface area (Å²) in [5, 5.41) is 8.79. The highest BCUT2D eigenvalue weighted by atomic mass is 32.2. The topological polar surface area (TPSA) is 59.7 Å². The quantitative estimate of drug-likeness (QED) is 0.276. The van der Waals surface area contributed by atoms with E-state index in [1.54, 1.807) is 18.0 Å². The Bertz CT molecular complexity index is 1230.